The molecule has 1 aromatic carbocycles. The number of hydrazine groups is 1. The SMILES string of the molecule is COC(=O)C1=CN2C(=O)CCN2[C@@H]1c1ccccc1. The molecule has 0 bridgehead atoms. The van der Waals surface area contributed by atoms with Gasteiger partial charge in [-0.1, -0.05) is 30.3 Å². The zero-order valence-electron chi connectivity index (χ0n) is 10.6. The molecule has 1 fully saturated rings. The van der Waals surface area contributed by atoms with Crippen LogP contribution < -0.4 is 0 Å². The number of ether oxygens (including phenoxy) is 1. The number of carbonyl (C=O) groups excluding carboxylic acids is 2. The summed E-state index contributed by atoms with van der Waals surface area (Å²) in [5.41, 5.74) is 1.48. The number of amides is 1. The number of nitrogens with zero attached hydrogens (tertiary/aromatic N) is 2. The van der Waals surface area contributed by atoms with Crippen LogP contribution in [0.15, 0.2) is 42.1 Å². The van der Waals surface area contributed by atoms with Crippen molar-refractivity contribution in [2.24, 2.45) is 0 Å². The molecule has 98 valence electrons. The molecular formula is C14H14N2O3. The molecule has 1 saturated heterocycles. The summed E-state index contributed by atoms with van der Waals surface area (Å²) in [6.45, 7) is 0.620. The van der Waals surface area contributed by atoms with Crippen molar-refractivity contribution >= 4 is 11.9 Å². The fourth-order valence-corrected chi connectivity index (χ4v) is 2.61. The lowest BCUT2D eigenvalue weighted by atomic mass is 10.00. The lowest BCUT2D eigenvalue weighted by Crippen LogP contribution is -2.33. The Morgan fingerprint density at radius 1 is 1.32 bits per heavy atom. The first-order valence-corrected chi connectivity index (χ1v) is 6.16. The number of esters is 1. The standard InChI is InChI=1S/C14H14N2O3/c1-19-14(18)11-9-16-12(17)7-8-15(16)13(11)10-5-3-2-4-6-10/h2-6,9,13H,7-8H2,1H3/t13-/m1/s1. The van der Waals surface area contributed by atoms with Gasteiger partial charge >= 0.3 is 5.97 Å². The molecule has 0 saturated carbocycles. The highest BCUT2D eigenvalue weighted by molar-refractivity contribution is 5.92. The average Bonchev–Trinajstić information content (AvgIpc) is 2.99. The van der Waals surface area contributed by atoms with Crippen LogP contribution >= 0.6 is 0 Å². The van der Waals surface area contributed by atoms with E-state index < -0.39 is 5.97 Å². The van der Waals surface area contributed by atoms with E-state index in [9.17, 15) is 9.59 Å². The van der Waals surface area contributed by atoms with Gasteiger partial charge in [-0.05, 0) is 5.56 Å². The number of hydrogen-bond donors (Lipinski definition) is 0. The van der Waals surface area contributed by atoms with Crippen LogP contribution in [0.4, 0.5) is 0 Å². The molecule has 0 unspecified atom stereocenters. The zero-order chi connectivity index (χ0) is 13.4. The lowest BCUT2D eigenvalue weighted by molar-refractivity contribution is -0.137. The van der Waals surface area contributed by atoms with E-state index in [1.807, 2.05) is 35.3 Å². The van der Waals surface area contributed by atoms with E-state index in [1.165, 1.54) is 12.1 Å². The number of hydrogen-bond acceptors (Lipinski definition) is 4. The minimum absolute atomic E-state index is 0.0137. The first-order chi connectivity index (χ1) is 9.22. The third kappa shape index (κ3) is 1.82. The Hall–Kier alpha value is -2.14. The fraction of sp³-hybridized carbons (Fsp3) is 0.286. The van der Waals surface area contributed by atoms with E-state index in [0.717, 1.165) is 5.56 Å². The van der Waals surface area contributed by atoms with Gasteiger partial charge in [-0.2, -0.15) is 0 Å². The highest BCUT2D eigenvalue weighted by Gasteiger charge is 2.43. The van der Waals surface area contributed by atoms with Gasteiger partial charge in [-0.15, -0.1) is 0 Å². The maximum Gasteiger partial charge on any atom is 0.337 e. The van der Waals surface area contributed by atoms with Gasteiger partial charge in [-0.25, -0.2) is 14.8 Å². The first kappa shape index (κ1) is 11.9. The summed E-state index contributed by atoms with van der Waals surface area (Å²) in [6.07, 6.45) is 2.08. The van der Waals surface area contributed by atoms with E-state index in [2.05, 4.69) is 0 Å². The first-order valence-electron chi connectivity index (χ1n) is 6.16. The Bertz CT molecular complexity index is 553. The second kappa shape index (κ2) is 4.51. The van der Waals surface area contributed by atoms with Crippen molar-refractivity contribution in [3.63, 3.8) is 0 Å². The van der Waals surface area contributed by atoms with Gasteiger partial charge in [0.05, 0.1) is 18.7 Å². The summed E-state index contributed by atoms with van der Waals surface area (Å²) in [6, 6.07) is 9.43. The third-order valence-corrected chi connectivity index (χ3v) is 3.48. The zero-order valence-corrected chi connectivity index (χ0v) is 10.6. The Morgan fingerprint density at radius 2 is 2.05 bits per heavy atom. The second-order valence-electron chi connectivity index (χ2n) is 4.54. The largest absolute Gasteiger partial charge is 0.466 e. The molecule has 2 aliphatic heterocycles. The molecule has 0 N–H and O–H groups in total. The molecule has 5 heteroatoms. The van der Waals surface area contributed by atoms with Crippen LogP contribution in [0, 0.1) is 0 Å². The van der Waals surface area contributed by atoms with Crippen LogP contribution in [0.1, 0.15) is 18.0 Å². The molecule has 19 heavy (non-hydrogen) atoms. The van der Waals surface area contributed by atoms with Crippen molar-refractivity contribution in [1.82, 2.24) is 10.0 Å². The van der Waals surface area contributed by atoms with Crippen molar-refractivity contribution in [1.29, 1.82) is 0 Å². The molecule has 1 atom stereocenters. The summed E-state index contributed by atoms with van der Waals surface area (Å²) in [4.78, 5) is 23.7. The van der Waals surface area contributed by atoms with Gasteiger partial charge in [0.2, 0.25) is 5.91 Å². The molecular weight excluding hydrogens is 244 g/mol. The highest BCUT2D eigenvalue weighted by Crippen LogP contribution is 2.39. The molecule has 1 aromatic rings. The lowest BCUT2D eigenvalue weighted by Gasteiger charge is -2.26. The van der Waals surface area contributed by atoms with Crippen LogP contribution in [0.5, 0.6) is 0 Å². The van der Waals surface area contributed by atoms with Crippen molar-refractivity contribution in [2.75, 3.05) is 13.7 Å². The van der Waals surface area contributed by atoms with Gasteiger partial charge < -0.3 is 4.74 Å². The predicted octanol–water partition coefficient (Wildman–Crippen LogP) is 1.25. The monoisotopic (exact) mass is 258 g/mol. The normalized spacial score (nSPS) is 22.4. The van der Waals surface area contributed by atoms with Gasteiger partial charge in [0.1, 0.15) is 0 Å². The van der Waals surface area contributed by atoms with Gasteiger partial charge in [0.25, 0.3) is 0 Å². The summed E-state index contributed by atoms with van der Waals surface area (Å²) < 4.78 is 4.81. The number of methoxy groups -OCH3 is 1. The minimum atomic E-state index is -0.393. The molecule has 0 spiro atoms. The Labute approximate surface area is 111 Å². The fourth-order valence-electron chi connectivity index (χ4n) is 2.61. The van der Waals surface area contributed by atoms with E-state index in [1.54, 1.807) is 6.20 Å². The number of fused-ring (bicyclic) bond motifs is 1. The topological polar surface area (TPSA) is 49.9 Å². The number of benzene rings is 1. The van der Waals surface area contributed by atoms with Gasteiger partial charge in [0.15, 0.2) is 0 Å². The molecule has 5 nitrogen and oxygen atoms in total. The van der Waals surface area contributed by atoms with Crippen molar-refractivity contribution in [2.45, 2.75) is 12.5 Å². The highest BCUT2D eigenvalue weighted by atomic mass is 16.5. The molecule has 3 rings (SSSR count). The molecule has 0 aliphatic carbocycles. The van der Waals surface area contributed by atoms with Crippen LogP contribution in [-0.2, 0) is 14.3 Å². The number of rotatable bonds is 2. The number of carbonyl (C=O) groups is 2. The maximum atomic E-state index is 11.9. The Balaban J connectivity index is 2.03. The van der Waals surface area contributed by atoms with Crippen LogP contribution in [-0.4, -0.2) is 35.5 Å². The van der Waals surface area contributed by atoms with Gasteiger partial charge in [-0.3, -0.25) is 4.79 Å². The molecule has 0 aromatic heterocycles. The van der Waals surface area contributed by atoms with Crippen LogP contribution in [0.2, 0.25) is 0 Å². The summed E-state index contributed by atoms with van der Waals surface area (Å²) in [7, 11) is 1.35. The third-order valence-electron chi connectivity index (χ3n) is 3.48. The minimum Gasteiger partial charge on any atom is -0.466 e. The summed E-state index contributed by atoms with van der Waals surface area (Å²) in [5.74, 6) is -0.379. The molecule has 1 amide bonds. The quantitative estimate of drug-likeness (QED) is 0.749. The Morgan fingerprint density at radius 3 is 2.74 bits per heavy atom. The van der Waals surface area contributed by atoms with Crippen LogP contribution in [0.25, 0.3) is 0 Å². The average molecular weight is 258 g/mol. The summed E-state index contributed by atoms with van der Waals surface area (Å²) in [5, 5.41) is 3.44. The smallest absolute Gasteiger partial charge is 0.337 e. The van der Waals surface area contributed by atoms with Crippen molar-refractivity contribution in [3.05, 3.63) is 47.7 Å². The summed E-state index contributed by atoms with van der Waals surface area (Å²) >= 11 is 0. The van der Waals surface area contributed by atoms with E-state index in [0.29, 0.717) is 18.5 Å². The van der Waals surface area contributed by atoms with Crippen molar-refractivity contribution < 1.29 is 14.3 Å². The van der Waals surface area contributed by atoms with Crippen molar-refractivity contribution in [3.8, 4) is 0 Å². The molecule has 2 aliphatic rings. The predicted molar refractivity (Wildman–Crippen MR) is 67.5 cm³/mol. The molecule has 0 radical (unpaired) electrons. The van der Waals surface area contributed by atoms with E-state index in [4.69, 9.17) is 4.74 Å². The molecule has 2 heterocycles. The Kier molecular flexibility index (Phi) is 2.83. The van der Waals surface area contributed by atoms with Gasteiger partial charge in [0, 0.05) is 19.2 Å². The second-order valence-corrected chi connectivity index (χ2v) is 4.54. The maximum absolute atomic E-state index is 11.9. The van der Waals surface area contributed by atoms with E-state index >= 15 is 0 Å². The van der Waals surface area contributed by atoms with Crippen LogP contribution in [0.3, 0.4) is 0 Å². The van der Waals surface area contributed by atoms with E-state index in [-0.39, 0.29) is 11.9 Å².